The summed E-state index contributed by atoms with van der Waals surface area (Å²) in [4.78, 5) is 4.26. The molecule has 1 saturated carbocycles. The molecule has 0 aliphatic heterocycles. The Hall–Kier alpha value is -1.17. The van der Waals surface area contributed by atoms with Gasteiger partial charge in [0.15, 0.2) is 5.96 Å². The van der Waals surface area contributed by atoms with Gasteiger partial charge >= 0.3 is 0 Å². The summed E-state index contributed by atoms with van der Waals surface area (Å²) >= 11 is 0. The number of hydrogen-bond donors (Lipinski definition) is 2. The second-order valence-corrected chi connectivity index (χ2v) is 3.70. The molecule has 3 N–H and O–H groups in total. The third-order valence-corrected chi connectivity index (χ3v) is 2.30. The zero-order valence-corrected chi connectivity index (χ0v) is 8.30. The van der Waals surface area contributed by atoms with Gasteiger partial charge in [-0.05, 0) is 26.2 Å². The fourth-order valence-electron chi connectivity index (χ4n) is 0.942. The Labute approximate surface area is 79.8 Å². The van der Waals surface area contributed by atoms with E-state index in [9.17, 15) is 0 Å². The van der Waals surface area contributed by atoms with E-state index in [4.69, 9.17) is 12.2 Å². The van der Waals surface area contributed by atoms with E-state index in [1.807, 2.05) is 13.8 Å². The van der Waals surface area contributed by atoms with E-state index in [1.165, 1.54) is 0 Å². The monoisotopic (exact) mass is 179 g/mol. The minimum atomic E-state index is -0.359. The zero-order valence-electron chi connectivity index (χ0n) is 8.30. The summed E-state index contributed by atoms with van der Waals surface area (Å²) in [6, 6.07) is 0.436. The fourth-order valence-corrected chi connectivity index (χ4v) is 0.942. The Balaban J connectivity index is 2.50. The van der Waals surface area contributed by atoms with Crippen molar-refractivity contribution in [3.05, 3.63) is 0 Å². The van der Waals surface area contributed by atoms with E-state index in [2.05, 4.69) is 16.2 Å². The highest BCUT2D eigenvalue weighted by Gasteiger charge is 2.23. The molecule has 13 heavy (non-hydrogen) atoms. The summed E-state index contributed by atoms with van der Waals surface area (Å²) in [5.41, 5.74) is 5.34. The minimum Gasteiger partial charge on any atom is -0.370 e. The van der Waals surface area contributed by atoms with Crippen molar-refractivity contribution in [3.8, 4) is 12.3 Å². The van der Waals surface area contributed by atoms with Crippen LogP contribution < -0.4 is 11.1 Å². The number of hydrogen-bond acceptors (Lipinski definition) is 1. The topological polar surface area (TPSA) is 50.4 Å². The summed E-state index contributed by atoms with van der Waals surface area (Å²) in [6.07, 6.45) is 8.53. The van der Waals surface area contributed by atoms with Gasteiger partial charge in [0.1, 0.15) is 0 Å². The molecule has 0 radical (unpaired) electrons. The minimum absolute atomic E-state index is 0.359. The number of aliphatic imine (C=N–C) groups is 1. The standard InChI is InChI=1S/C10H17N3/c1-4-10(3,5-2)13-9(11)12-8-6-7-8/h1,8H,5-7H2,2-3H3,(H3,11,12,13). The van der Waals surface area contributed by atoms with Gasteiger partial charge in [-0.1, -0.05) is 12.8 Å². The molecule has 1 atom stereocenters. The quantitative estimate of drug-likeness (QED) is 0.383. The maximum Gasteiger partial charge on any atom is 0.190 e. The first-order valence-corrected chi connectivity index (χ1v) is 4.69. The number of terminal acetylenes is 1. The molecule has 0 amide bonds. The summed E-state index contributed by atoms with van der Waals surface area (Å²) < 4.78 is 0. The Morgan fingerprint density at radius 1 is 1.77 bits per heavy atom. The number of rotatable bonds is 3. The smallest absolute Gasteiger partial charge is 0.190 e. The third-order valence-electron chi connectivity index (χ3n) is 2.30. The lowest BCUT2D eigenvalue weighted by molar-refractivity contribution is 0.519. The summed E-state index contributed by atoms with van der Waals surface area (Å²) in [6.45, 7) is 3.97. The molecule has 1 fully saturated rings. The molecule has 0 saturated heterocycles. The van der Waals surface area contributed by atoms with Gasteiger partial charge in [-0.2, -0.15) is 0 Å². The summed E-state index contributed by atoms with van der Waals surface area (Å²) in [5, 5.41) is 3.06. The lowest BCUT2D eigenvalue weighted by Gasteiger charge is -2.23. The molecule has 72 valence electrons. The molecule has 3 heteroatoms. The highest BCUT2D eigenvalue weighted by atomic mass is 15.1. The first kappa shape index (κ1) is 9.91. The normalized spacial score (nSPS) is 21.8. The molecule has 1 rings (SSSR count). The number of guanidine groups is 1. The van der Waals surface area contributed by atoms with Gasteiger partial charge in [-0.15, -0.1) is 6.42 Å². The van der Waals surface area contributed by atoms with E-state index in [0.717, 1.165) is 19.3 Å². The first-order chi connectivity index (χ1) is 6.09. The first-order valence-electron chi connectivity index (χ1n) is 4.69. The molecule has 0 heterocycles. The van der Waals surface area contributed by atoms with Gasteiger partial charge in [0.05, 0.1) is 11.6 Å². The van der Waals surface area contributed by atoms with Crippen LogP contribution in [0.2, 0.25) is 0 Å². The lowest BCUT2D eigenvalue weighted by atomic mass is 10.0. The maximum absolute atomic E-state index is 5.70. The Morgan fingerprint density at radius 2 is 2.38 bits per heavy atom. The predicted octanol–water partition coefficient (Wildman–Crippen LogP) is 0.855. The van der Waals surface area contributed by atoms with E-state index in [-0.39, 0.29) is 5.54 Å². The van der Waals surface area contributed by atoms with Crippen molar-refractivity contribution < 1.29 is 0 Å². The average Bonchev–Trinajstić information content (AvgIpc) is 2.88. The molecule has 0 aromatic heterocycles. The second-order valence-electron chi connectivity index (χ2n) is 3.70. The van der Waals surface area contributed by atoms with Crippen molar-refractivity contribution >= 4 is 5.96 Å². The van der Waals surface area contributed by atoms with Gasteiger partial charge in [0.2, 0.25) is 0 Å². The summed E-state index contributed by atoms with van der Waals surface area (Å²) in [5.74, 6) is 3.16. The van der Waals surface area contributed by atoms with E-state index < -0.39 is 0 Å². The highest BCUT2D eigenvalue weighted by molar-refractivity contribution is 5.79. The van der Waals surface area contributed by atoms with Crippen LogP contribution in [0.15, 0.2) is 4.99 Å². The average molecular weight is 179 g/mol. The van der Waals surface area contributed by atoms with Crippen molar-refractivity contribution in [1.29, 1.82) is 0 Å². The highest BCUT2D eigenvalue weighted by Crippen LogP contribution is 2.23. The Kier molecular flexibility index (Phi) is 2.82. The van der Waals surface area contributed by atoms with Crippen LogP contribution in [0.5, 0.6) is 0 Å². The van der Waals surface area contributed by atoms with Gasteiger partial charge in [-0.25, -0.2) is 0 Å². The van der Waals surface area contributed by atoms with Gasteiger partial charge < -0.3 is 11.1 Å². The van der Waals surface area contributed by atoms with Gasteiger partial charge in [-0.3, -0.25) is 4.99 Å². The molecule has 3 nitrogen and oxygen atoms in total. The number of nitrogens with one attached hydrogen (secondary N) is 1. The molecular formula is C10H17N3. The van der Waals surface area contributed by atoms with Crippen molar-refractivity contribution in [2.75, 3.05) is 0 Å². The van der Waals surface area contributed by atoms with Crippen LogP contribution in [-0.2, 0) is 0 Å². The van der Waals surface area contributed by atoms with Crippen LogP contribution in [0.3, 0.4) is 0 Å². The van der Waals surface area contributed by atoms with Crippen LogP contribution in [0.1, 0.15) is 33.1 Å². The van der Waals surface area contributed by atoms with Crippen LogP contribution >= 0.6 is 0 Å². The number of nitrogens with zero attached hydrogens (tertiary/aromatic N) is 1. The molecular weight excluding hydrogens is 162 g/mol. The van der Waals surface area contributed by atoms with Crippen LogP contribution in [-0.4, -0.2) is 17.5 Å². The second kappa shape index (κ2) is 3.69. The molecule has 1 aliphatic carbocycles. The van der Waals surface area contributed by atoms with E-state index >= 15 is 0 Å². The van der Waals surface area contributed by atoms with Gasteiger partial charge in [0.25, 0.3) is 0 Å². The van der Waals surface area contributed by atoms with Crippen molar-refractivity contribution in [2.45, 2.75) is 44.7 Å². The van der Waals surface area contributed by atoms with Crippen LogP contribution in [0.4, 0.5) is 0 Å². The summed E-state index contributed by atoms with van der Waals surface area (Å²) in [7, 11) is 0. The van der Waals surface area contributed by atoms with Crippen molar-refractivity contribution in [3.63, 3.8) is 0 Å². The molecule has 1 unspecified atom stereocenters. The Morgan fingerprint density at radius 3 is 2.77 bits per heavy atom. The molecule has 0 aromatic carbocycles. The van der Waals surface area contributed by atoms with Crippen molar-refractivity contribution in [2.24, 2.45) is 10.7 Å². The molecule has 0 aromatic rings. The van der Waals surface area contributed by atoms with Gasteiger partial charge in [0, 0.05) is 0 Å². The van der Waals surface area contributed by atoms with Crippen LogP contribution in [0.25, 0.3) is 0 Å². The SMILES string of the molecule is C#CC(C)(CC)NC(N)=NC1CC1. The van der Waals surface area contributed by atoms with Crippen molar-refractivity contribution in [1.82, 2.24) is 5.32 Å². The fraction of sp³-hybridized carbons (Fsp3) is 0.700. The van der Waals surface area contributed by atoms with E-state index in [0.29, 0.717) is 12.0 Å². The Bertz CT molecular complexity index is 247. The molecule has 0 bridgehead atoms. The predicted molar refractivity (Wildman–Crippen MR) is 55.3 cm³/mol. The lowest BCUT2D eigenvalue weighted by Crippen LogP contribution is -2.48. The van der Waals surface area contributed by atoms with Crippen LogP contribution in [0, 0.1) is 12.3 Å². The largest absolute Gasteiger partial charge is 0.370 e. The van der Waals surface area contributed by atoms with E-state index in [1.54, 1.807) is 0 Å². The molecule has 1 aliphatic rings. The third kappa shape index (κ3) is 2.98. The maximum atomic E-state index is 5.70. The zero-order chi connectivity index (χ0) is 9.90. The number of nitrogens with two attached hydrogens (primary N) is 1. The molecule has 0 spiro atoms.